The first-order valence-corrected chi connectivity index (χ1v) is 18.8. The molecular weight excluding hydrogens is 690 g/mol. The fourth-order valence-corrected chi connectivity index (χ4v) is 5.81. The SMILES string of the molecule is C1COCCN1.CCCCC[C@@H](O)[C@H]1C(=O)O[C@H](C)[C@@H](O)/C=C/C=C/C=C/C=C/C=C(\C)[C@@H](O)[C@H](O)[C@H](O)C[C@H](O)C[C@H](O)C[C@H](O)C[C@H](O)C[C@@H]1O. The van der Waals surface area contributed by atoms with Crippen LogP contribution in [-0.2, 0) is 14.3 Å². The number of nitrogens with one attached hydrogen (secondary N) is 1. The van der Waals surface area contributed by atoms with Crippen molar-refractivity contribution in [3.63, 3.8) is 0 Å². The molecule has 2 rings (SSSR count). The number of cyclic esters (lactones) is 1. The molecule has 0 amide bonds. The number of rotatable bonds is 5. The molecule has 14 heteroatoms. The van der Waals surface area contributed by atoms with Crippen molar-refractivity contribution in [2.24, 2.45) is 5.92 Å². The first-order valence-electron chi connectivity index (χ1n) is 18.8. The van der Waals surface area contributed by atoms with Crippen LogP contribution in [0.4, 0.5) is 0 Å². The van der Waals surface area contributed by atoms with Gasteiger partial charge in [-0.3, -0.25) is 4.79 Å². The lowest BCUT2D eigenvalue weighted by molar-refractivity contribution is -0.168. The monoisotopic (exact) mass is 757 g/mol. The third-order valence-electron chi connectivity index (χ3n) is 9.01. The molecule has 0 aromatic rings. The number of morpholine rings is 1. The number of aliphatic hydroxyl groups excluding tert-OH is 10. The number of aliphatic hydroxyl groups is 10. The maximum Gasteiger partial charge on any atom is 0.314 e. The van der Waals surface area contributed by atoms with Crippen molar-refractivity contribution < 1.29 is 65.3 Å². The summed E-state index contributed by atoms with van der Waals surface area (Å²) in [7, 11) is 0. The summed E-state index contributed by atoms with van der Waals surface area (Å²) in [5.74, 6) is -2.37. The maximum atomic E-state index is 13.1. The van der Waals surface area contributed by atoms with Gasteiger partial charge in [0.25, 0.3) is 0 Å². The van der Waals surface area contributed by atoms with E-state index in [4.69, 9.17) is 9.47 Å². The van der Waals surface area contributed by atoms with Crippen molar-refractivity contribution >= 4 is 5.97 Å². The molecule has 14 nitrogen and oxygen atoms in total. The molecule has 0 radical (unpaired) electrons. The molecule has 12 atom stereocenters. The Morgan fingerprint density at radius 2 is 1.25 bits per heavy atom. The summed E-state index contributed by atoms with van der Waals surface area (Å²) >= 11 is 0. The van der Waals surface area contributed by atoms with Crippen LogP contribution in [-0.4, -0.2) is 150 Å². The second kappa shape index (κ2) is 28.1. The minimum Gasteiger partial charge on any atom is -0.459 e. The molecule has 1 fully saturated rings. The molecule has 11 N–H and O–H groups in total. The molecule has 2 aliphatic rings. The van der Waals surface area contributed by atoms with Crippen LogP contribution in [0.2, 0.25) is 0 Å². The number of hydrogen-bond donors (Lipinski definition) is 11. The molecule has 2 heterocycles. The van der Waals surface area contributed by atoms with Gasteiger partial charge >= 0.3 is 5.97 Å². The van der Waals surface area contributed by atoms with Gasteiger partial charge in [-0.05, 0) is 45.1 Å². The highest BCUT2D eigenvalue weighted by Crippen LogP contribution is 2.24. The fourth-order valence-electron chi connectivity index (χ4n) is 5.81. The van der Waals surface area contributed by atoms with Gasteiger partial charge in [0, 0.05) is 25.9 Å². The van der Waals surface area contributed by atoms with Gasteiger partial charge in [-0.2, -0.15) is 0 Å². The summed E-state index contributed by atoms with van der Waals surface area (Å²) in [5, 5.41) is 108. The molecule has 0 saturated carbocycles. The summed E-state index contributed by atoms with van der Waals surface area (Å²) in [6.45, 7) is 8.84. The number of allylic oxidation sites excluding steroid dienone is 8. The van der Waals surface area contributed by atoms with Crippen LogP contribution in [0, 0.1) is 5.92 Å². The molecule has 0 aromatic carbocycles. The quantitative estimate of drug-likeness (QED) is 0.135. The predicted molar refractivity (Wildman–Crippen MR) is 200 cm³/mol. The van der Waals surface area contributed by atoms with Crippen LogP contribution in [0.15, 0.2) is 60.3 Å². The summed E-state index contributed by atoms with van der Waals surface area (Å²) in [6, 6.07) is 0. The van der Waals surface area contributed by atoms with Crippen molar-refractivity contribution in [2.45, 2.75) is 146 Å². The van der Waals surface area contributed by atoms with E-state index in [2.05, 4.69) is 5.32 Å². The molecule has 0 bridgehead atoms. The Morgan fingerprint density at radius 1 is 0.736 bits per heavy atom. The van der Waals surface area contributed by atoms with E-state index in [1.807, 2.05) is 6.92 Å². The van der Waals surface area contributed by atoms with E-state index in [1.165, 1.54) is 13.0 Å². The Labute approximate surface area is 314 Å². The molecule has 306 valence electrons. The number of esters is 1. The molecule has 2 aliphatic heterocycles. The zero-order valence-corrected chi connectivity index (χ0v) is 31.5. The standard InChI is InChI=1S/C35H58O12.C4H9NO/c1-4-5-11-16-29(41)32-30(42)20-26(38)18-24(36)17-25(37)19-27(39)21-31(43)34(45)33(44)22(2)14-12-9-7-6-8-10-13-15-28(40)23(3)47-35(32)46;1-3-6-4-2-5-1/h6-10,12-15,23-34,36-45H,4-5,11,16-21H2,1-3H3;5H,1-4H2/b7-6+,10-8+,12-9+,15-13+,22-14+;/t23-,24+,25-,26+,27-,28+,29-,30+,31-,32-,33-,34-;/m1./s1. The highest BCUT2D eigenvalue weighted by Gasteiger charge is 2.37. The summed E-state index contributed by atoms with van der Waals surface area (Å²) in [6.07, 6.45) is 0.559. The Morgan fingerprint density at radius 3 is 1.75 bits per heavy atom. The van der Waals surface area contributed by atoms with E-state index < -0.39 is 85.5 Å². The number of carbonyl (C=O) groups excluding carboxylic acids is 1. The van der Waals surface area contributed by atoms with Crippen molar-refractivity contribution in [1.82, 2.24) is 5.32 Å². The zero-order valence-electron chi connectivity index (χ0n) is 31.5. The highest BCUT2D eigenvalue weighted by atomic mass is 16.6. The average Bonchev–Trinajstić information content (AvgIpc) is 3.10. The summed E-state index contributed by atoms with van der Waals surface area (Å²) in [4.78, 5) is 13.1. The van der Waals surface area contributed by atoms with Gasteiger partial charge in [0.15, 0.2) is 0 Å². The van der Waals surface area contributed by atoms with Crippen LogP contribution >= 0.6 is 0 Å². The average molecular weight is 758 g/mol. The molecular formula is C39H67NO13. The smallest absolute Gasteiger partial charge is 0.314 e. The van der Waals surface area contributed by atoms with E-state index in [0.29, 0.717) is 12.0 Å². The van der Waals surface area contributed by atoms with Crippen molar-refractivity contribution in [1.29, 1.82) is 0 Å². The largest absolute Gasteiger partial charge is 0.459 e. The number of carbonyl (C=O) groups is 1. The lowest BCUT2D eigenvalue weighted by atomic mass is 9.87. The molecule has 53 heavy (non-hydrogen) atoms. The van der Waals surface area contributed by atoms with E-state index >= 15 is 0 Å². The number of hydrogen-bond acceptors (Lipinski definition) is 14. The minimum atomic E-state index is -1.61. The second-order valence-electron chi connectivity index (χ2n) is 13.9. The van der Waals surface area contributed by atoms with E-state index in [9.17, 15) is 55.9 Å². The van der Waals surface area contributed by atoms with Gasteiger partial charge in [-0.15, -0.1) is 0 Å². The lowest BCUT2D eigenvalue weighted by Crippen LogP contribution is -2.43. The zero-order chi connectivity index (χ0) is 39.8. The summed E-state index contributed by atoms with van der Waals surface area (Å²) < 4.78 is 10.4. The van der Waals surface area contributed by atoms with Crippen molar-refractivity contribution in [3.8, 4) is 0 Å². The van der Waals surface area contributed by atoms with Gasteiger partial charge in [-0.25, -0.2) is 0 Å². The van der Waals surface area contributed by atoms with Gasteiger partial charge < -0.3 is 65.9 Å². The Balaban J connectivity index is 0.00000211. The Bertz CT molecular complexity index is 1110. The van der Waals surface area contributed by atoms with E-state index in [0.717, 1.165) is 39.1 Å². The van der Waals surface area contributed by atoms with Gasteiger partial charge in [0.05, 0.1) is 55.9 Å². The highest BCUT2D eigenvalue weighted by molar-refractivity contribution is 5.74. The Hall–Kier alpha value is -2.31. The van der Waals surface area contributed by atoms with Crippen LogP contribution in [0.25, 0.3) is 0 Å². The first kappa shape index (κ1) is 48.7. The first-order chi connectivity index (χ1) is 25.2. The van der Waals surface area contributed by atoms with Crippen LogP contribution in [0.3, 0.4) is 0 Å². The molecule has 0 unspecified atom stereocenters. The fraction of sp³-hybridized carbons (Fsp3) is 0.718. The molecule has 0 aliphatic carbocycles. The molecule has 0 spiro atoms. The predicted octanol–water partition coefficient (Wildman–Crippen LogP) is 0.465. The molecule has 1 saturated heterocycles. The Kier molecular flexibility index (Phi) is 25.9. The van der Waals surface area contributed by atoms with Crippen LogP contribution in [0.1, 0.15) is 78.6 Å². The minimum absolute atomic E-state index is 0.197. The normalized spacial score (nSPS) is 37.9. The molecule has 0 aromatic heterocycles. The van der Waals surface area contributed by atoms with Gasteiger partial charge in [0.2, 0.25) is 0 Å². The topological polar surface area (TPSA) is 250 Å². The maximum absolute atomic E-state index is 13.1. The second-order valence-corrected chi connectivity index (χ2v) is 13.9. The third-order valence-corrected chi connectivity index (χ3v) is 9.01. The van der Waals surface area contributed by atoms with Crippen molar-refractivity contribution in [2.75, 3.05) is 26.3 Å². The lowest BCUT2D eigenvalue weighted by Gasteiger charge is -2.30. The number of ether oxygens (including phenoxy) is 2. The number of unbranched alkanes of at least 4 members (excludes halogenated alkanes) is 2. The van der Waals surface area contributed by atoms with Crippen LogP contribution in [0.5, 0.6) is 0 Å². The summed E-state index contributed by atoms with van der Waals surface area (Å²) in [5.41, 5.74) is 0.357. The third kappa shape index (κ3) is 21.4. The van der Waals surface area contributed by atoms with Gasteiger partial charge in [-0.1, -0.05) is 80.9 Å². The van der Waals surface area contributed by atoms with Gasteiger partial charge in [0.1, 0.15) is 30.3 Å². The van der Waals surface area contributed by atoms with E-state index in [-0.39, 0.29) is 32.1 Å². The van der Waals surface area contributed by atoms with E-state index in [1.54, 1.807) is 55.5 Å². The van der Waals surface area contributed by atoms with Crippen molar-refractivity contribution in [3.05, 3.63) is 60.3 Å². The van der Waals surface area contributed by atoms with Crippen LogP contribution < -0.4 is 5.32 Å².